The van der Waals surface area contributed by atoms with E-state index in [4.69, 9.17) is 4.42 Å². The third kappa shape index (κ3) is 3.76. The monoisotopic (exact) mass is 388 g/mol. The average molecular weight is 389 g/mol. The molecule has 0 bridgehead atoms. The number of thioether (sulfide) groups is 2. The van der Waals surface area contributed by atoms with E-state index in [1.165, 1.54) is 12.1 Å². The Balaban J connectivity index is 2.27. The summed E-state index contributed by atoms with van der Waals surface area (Å²) in [6.45, 7) is 4.24. The van der Waals surface area contributed by atoms with E-state index in [0.29, 0.717) is 21.9 Å². The van der Waals surface area contributed by atoms with Gasteiger partial charge in [-0.15, -0.1) is 23.5 Å². The Morgan fingerprint density at radius 3 is 2.46 bits per heavy atom. The molecule has 0 spiro atoms. The molecular formula is C20H20O4S2. The van der Waals surface area contributed by atoms with E-state index in [2.05, 4.69) is 19.9 Å². The molecule has 3 aromatic rings. The lowest BCUT2D eigenvalue weighted by Gasteiger charge is -2.10. The minimum Gasteiger partial charge on any atom is -0.478 e. The van der Waals surface area contributed by atoms with Gasteiger partial charge in [-0.1, -0.05) is 13.8 Å². The third-order valence-electron chi connectivity index (χ3n) is 3.89. The molecule has 2 aromatic carbocycles. The van der Waals surface area contributed by atoms with Crippen LogP contribution in [-0.4, -0.2) is 22.6 Å². The second-order valence-corrected chi connectivity index (χ2v) is 8.25. The second kappa shape index (κ2) is 8.18. The molecule has 1 aromatic heterocycles. The zero-order chi connectivity index (χ0) is 18.7. The first-order valence-electron chi connectivity index (χ1n) is 8.58. The van der Waals surface area contributed by atoms with E-state index in [-0.39, 0.29) is 11.0 Å². The molecule has 0 fully saturated rings. The van der Waals surface area contributed by atoms with Crippen molar-refractivity contribution in [2.45, 2.75) is 36.5 Å². The Hall–Kier alpha value is -1.92. The summed E-state index contributed by atoms with van der Waals surface area (Å²) < 4.78 is 6.03. The SMILES string of the molecule is CCCSc1cc(SCCC)c2oc3ccc(C(=O)O)cc3c(=O)c2c1. The van der Waals surface area contributed by atoms with Gasteiger partial charge < -0.3 is 9.52 Å². The molecular weight excluding hydrogens is 368 g/mol. The maximum Gasteiger partial charge on any atom is 0.335 e. The van der Waals surface area contributed by atoms with Crippen molar-refractivity contribution < 1.29 is 14.3 Å². The quantitative estimate of drug-likeness (QED) is 0.417. The fourth-order valence-corrected chi connectivity index (χ4v) is 4.49. The fourth-order valence-electron chi connectivity index (χ4n) is 2.66. The maximum atomic E-state index is 13.0. The normalized spacial score (nSPS) is 11.3. The number of carboxylic acid groups (broad SMARTS) is 1. The molecule has 0 aliphatic heterocycles. The van der Waals surface area contributed by atoms with Crippen LogP contribution in [0.5, 0.6) is 0 Å². The number of carbonyl (C=O) groups is 1. The maximum absolute atomic E-state index is 13.0. The van der Waals surface area contributed by atoms with Crippen molar-refractivity contribution in [2.75, 3.05) is 11.5 Å². The van der Waals surface area contributed by atoms with Gasteiger partial charge in [0.1, 0.15) is 5.58 Å². The minimum atomic E-state index is -1.06. The lowest BCUT2D eigenvalue weighted by Crippen LogP contribution is -2.05. The van der Waals surface area contributed by atoms with Gasteiger partial charge in [0, 0.05) is 4.90 Å². The number of rotatable bonds is 7. The number of fused-ring (bicyclic) bond motifs is 2. The van der Waals surface area contributed by atoms with Gasteiger partial charge >= 0.3 is 5.97 Å². The average Bonchev–Trinajstić information content (AvgIpc) is 2.64. The number of aromatic carboxylic acids is 1. The Morgan fingerprint density at radius 2 is 1.77 bits per heavy atom. The van der Waals surface area contributed by atoms with E-state index in [0.717, 1.165) is 34.1 Å². The van der Waals surface area contributed by atoms with Crippen molar-refractivity contribution in [3.05, 3.63) is 46.1 Å². The summed E-state index contributed by atoms with van der Waals surface area (Å²) in [6, 6.07) is 8.37. The molecule has 1 N–H and O–H groups in total. The van der Waals surface area contributed by atoms with Gasteiger partial charge in [0.25, 0.3) is 0 Å². The van der Waals surface area contributed by atoms with Crippen LogP contribution in [0.15, 0.2) is 49.3 Å². The van der Waals surface area contributed by atoms with Crippen LogP contribution in [0.3, 0.4) is 0 Å². The number of hydrogen-bond acceptors (Lipinski definition) is 5. The zero-order valence-corrected chi connectivity index (χ0v) is 16.3. The van der Waals surface area contributed by atoms with E-state index < -0.39 is 5.97 Å². The van der Waals surface area contributed by atoms with Gasteiger partial charge in [-0.2, -0.15) is 0 Å². The predicted molar refractivity (Wildman–Crippen MR) is 109 cm³/mol. The molecule has 26 heavy (non-hydrogen) atoms. The van der Waals surface area contributed by atoms with E-state index in [9.17, 15) is 14.7 Å². The van der Waals surface area contributed by atoms with Crippen LogP contribution in [0, 0.1) is 0 Å². The molecule has 0 radical (unpaired) electrons. The van der Waals surface area contributed by atoms with Crippen LogP contribution in [0.2, 0.25) is 0 Å². The summed E-state index contributed by atoms with van der Waals surface area (Å²) in [5.41, 5.74) is 0.910. The van der Waals surface area contributed by atoms with Crippen LogP contribution >= 0.6 is 23.5 Å². The second-order valence-electron chi connectivity index (χ2n) is 5.94. The number of carboxylic acids is 1. The van der Waals surface area contributed by atoms with E-state index in [1.807, 2.05) is 6.07 Å². The minimum absolute atomic E-state index is 0.0845. The van der Waals surface area contributed by atoms with Gasteiger partial charge in [-0.25, -0.2) is 4.79 Å². The first-order valence-corrected chi connectivity index (χ1v) is 10.6. The van der Waals surface area contributed by atoms with E-state index in [1.54, 1.807) is 29.6 Å². The highest BCUT2D eigenvalue weighted by molar-refractivity contribution is 8.00. The molecule has 0 atom stereocenters. The van der Waals surface area contributed by atoms with Crippen molar-refractivity contribution in [1.29, 1.82) is 0 Å². The van der Waals surface area contributed by atoms with Crippen molar-refractivity contribution in [3.8, 4) is 0 Å². The first-order chi connectivity index (χ1) is 12.5. The third-order valence-corrected chi connectivity index (χ3v) is 6.30. The van der Waals surface area contributed by atoms with Crippen molar-refractivity contribution in [3.63, 3.8) is 0 Å². The molecule has 0 saturated carbocycles. The number of hydrogen-bond donors (Lipinski definition) is 1. The van der Waals surface area contributed by atoms with Gasteiger partial charge in [-0.3, -0.25) is 4.79 Å². The van der Waals surface area contributed by atoms with Gasteiger partial charge in [-0.05, 0) is 54.7 Å². The molecule has 0 aliphatic rings. The molecule has 3 rings (SSSR count). The van der Waals surface area contributed by atoms with Crippen LogP contribution in [0.1, 0.15) is 37.0 Å². The number of benzene rings is 2. The lowest BCUT2D eigenvalue weighted by molar-refractivity contribution is 0.0697. The molecule has 0 aliphatic carbocycles. The molecule has 0 saturated heterocycles. The summed E-state index contributed by atoms with van der Waals surface area (Å²) in [4.78, 5) is 26.3. The smallest absolute Gasteiger partial charge is 0.335 e. The largest absolute Gasteiger partial charge is 0.478 e. The highest BCUT2D eigenvalue weighted by Crippen LogP contribution is 2.34. The summed E-state index contributed by atoms with van der Waals surface area (Å²) in [7, 11) is 0. The highest BCUT2D eigenvalue weighted by atomic mass is 32.2. The first kappa shape index (κ1) is 18.9. The van der Waals surface area contributed by atoms with E-state index >= 15 is 0 Å². The zero-order valence-electron chi connectivity index (χ0n) is 14.7. The Morgan fingerprint density at radius 1 is 1.04 bits per heavy atom. The summed E-state index contributed by atoms with van der Waals surface area (Å²) >= 11 is 3.40. The summed E-state index contributed by atoms with van der Waals surface area (Å²) in [5, 5.41) is 10.0. The molecule has 0 amide bonds. The van der Waals surface area contributed by atoms with Crippen LogP contribution in [0.25, 0.3) is 21.9 Å². The van der Waals surface area contributed by atoms with Crippen molar-refractivity contribution in [1.82, 2.24) is 0 Å². The van der Waals surface area contributed by atoms with Crippen molar-refractivity contribution in [2.24, 2.45) is 0 Å². The van der Waals surface area contributed by atoms with Gasteiger partial charge in [0.05, 0.1) is 21.2 Å². The fraction of sp³-hybridized carbons (Fsp3) is 0.300. The Bertz CT molecular complexity index is 1020. The van der Waals surface area contributed by atoms with Crippen LogP contribution < -0.4 is 5.43 Å². The highest BCUT2D eigenvalue weighted by Gasteiger charge is 2.15. The van der Waals surface area contributed by atoms with Crippen LogP contribution in [-0.2, 0) is 0 Å². The topological polar surface area (TPSA) is 67.5 Å². The Kier molecular flexibility index (Phi) is 5.94. The summed E-state index contributed by atoms with van der Waals surface area (Å²) in [6.07, 6.45) is 2.08. The predicted octanol–water partition coefficient (Wildman–Crippen LogP) is 5.65. The molecule has 0 unspecified atom stereocenters. The van der Waals surface area contributed by atoms with Crippen molar-refractivity contribution >= 4 is 51.4 Å². The summed E-state index contributed by atoms with van der Waals surface area (Å²) in [5.74, 6) is 0.861. The molecule has 1 heterocycles. The Labute approximate surface area is 160 Å². The molecule has 6 heteroatoms. The van der Waals surface area contributed by atoms with Gasteiger partial charge in [0.2, 0.25) is 5.43 Å². The lowest BCUT2D eigenvalue weighted by atomic mass is 10.1. The van der Waals surface area contributed by atoms with Gasteiger partial charge in [0.15, 0.2) is 5.58 Å². The molecule has 136 valence electrons. The van der Waals surface area contributed by atoms with Crippen LogP contribution in [0.4, 0.5) is 0 Å². The molecule has 4 nitrogen and oxygen atoms in total. The standard InChI is InChI=1S/C20H20O4S2/c1-3-7-25-13-10-15-18(21)14-9-12(20(22)23)5-6-16(14)24-19(15)17(11-13)26-8-4-2/h5-6,9-11H,3-4,7-8H2,1-2H3,(H,22,23).